The Kier molecular flexibility index (Phi) is 4.28. The highest BCUT2D eigenvalue weighted by Crippen LogP contribution is 2.31. The van der Waals surface area contributed by atoms with E-state index in [1.807, 2.05) is 49.4 Å². The Labute approximate surface area is 168 Å². The zero-order chi connectivity index (χ0) is 20.0. The SMILES string of the molecule is Cc1c(-c2nc(-c3ccnc4[nH]ccc34)cc(N3CCOC[C@H]3C)n2)cnn1C. The van der Waals surface area contributed by atoms with Gasteiger partial charge in [-0.25, -0.2) is 15.0 Å². The molecule has 0 aliphatic carbocycles. The molecule has 1 aliphatic rings. The van der Waals surface area contributed by atoms with Crippen molar-refractivity contribution in [3.63, 3.8) is 0 Å². The molecule has 29 heavy (non-hydrogen) atoms. The molecule has 0 aromatic carbocycles. The van der Waals surface area contributed by atoms with Crippen LogP contribution in [0.5, 0.6) is 0 Å². The molecule has 1 saturated heterocycles. The van der Waals surface area contributed by atoms with E-state index in [9.17, 15) is 0 Å². The number of fused-ring (bicyclic) bond motifs is 1. The van der Waals surface area contributed by atoms with E-state index in [1.165, 1.54) is 0 Å². The van der Waals surface area contributed by atoms with Crippen LogP contribution in [0.25, 0.3) is 33.7 Å². The summed E-state index contributed by atoms with van der Waals surface area (Å²) in [6, 6.07) is 6.36. The molecule has 148 valence electrons. The molecule has 5 heterocycles. The van der Waals surface area contributed by atoms with Crippen molar-refractivity contribution in [2.45, 2.75) is 19.9 Å². The normalized spacial score (nSPS) is 17.2. The fourth-order valence-electron chi connectivity index (χ4n) is 3.81. The first-order valence-electron chi connectivity index (χ1n) is 9.76. The van der Waals surface area contributed by atoms with Crippen LogP contribution in [0, 0.1) is 6.92 Å². The molecule has 0 amide bonds. The topological polar surface area (TPSA) is 84.8 Å². The Morgan fingerprint density at radius 2 is 2.10 bits per heavy atom. The molecule has 4 aromatic rings. The number of rotatable bonds is 3. The number of hydrogen-bond donors (Lipinski definition) is 1. The number of ether oxygens (including phenoxy) is 1. The molecule has 1 N–H and O–H groups in total. The molecule has 8 heteroatoms. The minimum absolute atomic E-state index is 0.249. The monoisotopic (exact) mass is 389 g/mol. The molecule has 0 bridgehead atoms. The average molecular weight is 389 g/mol. The van der Waals surface area contributed by atoms with Gasteiger partial charge in [0.15, 0.2) is 5.82 Å². The molecule has 4 aromatic heterocycles. The Morgan fingerprint density at radius 3 is 2.90 bits per heavy atom. The second-order valence-corrected chi connectivity index (χ2v) is 7.42. The molecule has 0 saturated carbocycles. The van der Waals surface area contributed by atoms with Crippen LogP contribution >= 0.6 is 0 Å². The van der Waals surface area contributed by atoms with E-state index >= 15 is 0 Å². The fourth-order valence-corrected chi connectivity index (χ4v) is 3.81. The zero-order valence-electron chi connectivity index (χ0n) is 16.8. The van der Waals surface area contributed by atoms with Crippen LogP contribution in [0.1, 0.15) is 12.6 Å². The first kappa shape index (κ1) is 17.8. The van der Waals surface area contributed by atoms with Gasteiger partial charge in [-0.2, -0.15) is 5.10 Å². The van der Waals surface area contributed by atoms with E-state index in [2.05, 4.69) is 33.0 Å². The first-order valence-corrected chi connectivity index (χ1v) is 9.76. The number of aromatic amines is 1. The summed E-state index contributed by atoms with van der Waals surface area (Å²) in [6.07, 6.45) is 5.54. The van der Waals surface area contributed by atoms with Crippen molar-refractivity contribution in [1.29, 1.82) is 0 Å². The predicted molar refractivity (Wildman–Crippen MR) is 112 cm³/mol. The van der Waals surface area contributed by atoms with Crippen LogP contribution in [-0.2, 0) is 11.8 Å². The summed E-state index contributed by atoms with van der Waals surface area (Å²) in [5, 5.41) is 5.42. The number of H-pyrrole nitrogens is 1. The van der Waals surface area contributed by atoms with Crippen molar-refractivity contribution in [3.8, 4) is 22.6 Å². The summed E-state index contributed by atoms with van der Waals surface area (Å²) in [4.78, 5) is 19.7. The highest BCUT2D eigenvalue weighted by Gasteiger charge is 2.23. The molecule has 1 fully saturated rings. The lowest BCUT2D eigenvalue weighted by Gasteiger charge is -2.34. The van der Waals surface area contributed by atoms with Crippen LogP contribution in [0.4, 0.5) is 5.82 Å². The van der Waals surface area contributed by atoms with E-state index in [0.29, 0.717) is 19.0 Å². The van der Waals surface area contributed by atoms with Crippen molar-refractivity contribution >= 4 is 16.9 Å². The van der Waals surface area contributed by atoms with Crippen LogP contribution in [0.3, 0.4) is 0 Å². The van der Waals surface area contributed by atoms with Gasteiger partial charge in [-0.05, 0) is 26.0 Å². The van der Waals surface area contributed by atoms with E-state index in [4.69, 9.17) is 14.7 Å². The van der Waals surface area contributed by atoms with Gasteiger partial charge in [0, 0.05) is 48.7 Å². The van der Waals surface area contributed by atoms with Gasteiger partial charge in [-0.3, -0.25) is 4.68 Å². The van der Waals surface area contributed by atoms with Gasteiger partial charge in [0.25, 0.3) is 0 Å². The van der Waals surface area contributed by atoms with Gasteiger partial charge in [0.05, 0.1) is 36.7 Å². The molecular formula is C21H23N7O. The second kappa shape index (κ2) is 6.97. The van der Waals surface area contributed by atoms with Crippen molar-refractivity contribution < 1.29 is 4.74 Å². The number of hydrogen-bond acceptors (Lipinski definition) is 6. The summed E-state index contributed by atoms with van der Waals surface area (Å²) in [7, 11) is 1.93. The third kappa shape index (κ3) is 3.05. The summed E-state index contributed by atoms with van der Waals surface area (Å²) in [5.74, 6) is 1.59. The number of morpholine rings is 1. The molecular weight excluding hydrogens is 366 g/mol. The van der Waals surface area contributed by atoms with Gasteiger partial charge in [0.2, 0.25) is 0 Å². The number of anilines is 1. The lowest BCUT2D eigenvalue weighted by molar-refractivity contribution is 0.0985. The van der Waals surface area contributed by atoms with Crippen LogP contribution < -0.4 is 4.90 Å². The summed E-state index contributed by atoms with van der Waals surface area (Å²) < 4.78 is 7.47. The smallest absolute Gasteiger partial charge is 0.165 e. The Hall–Kier alpha value is -3.26. The van der Waals surface area contributed by atoms with Gasteiger partial charge in [0.1, 0.15) is 11.5 Å². The fraction of sp³-hybridized carbons (Fsp3) is 0.333. The largest absolute Gasteiger partial charge is 0.377 e. The van der Waals surface area contributed by atoms with E-state index < -0.39 is 0 Å². The summed E-state index contributed by atoms with van der Waals surface area (Å²) in [6.45, 7) is 6.39. The average Bonchev–Trinajstić information content (AvgIpc) is 3.35. The second-order valence-electron chi connectivity index (χ2n) is 7.42. The van der Waals surface area contributed by atoms with Crippen molar-refractivity contribution in [2.24, 2.45) is 7.05 Å². The van der Waals surface area contributed by atoms with E-state index in [1.54, 1.807) is 0 Å². The minimum Gasteiger partial charge on any atom is -0.377 e. The number of pyridine rings is 1. The lowest BCUT2D eigenvalue weighted by atomic mass is 10.1. The van der Waals surface area contributed by atoms with Crippen molar-refractivity contribution in [1.82, 2.24) is 29.7 Å². The predicted octanol–water partition coefficient (Wildman–Crippen LogP) is 2.95. The summed E-state index contributed by atoms with van der Waals surface area (Å²) in [5.41, 5.74) is 4.73. The Bertz CT molecular complexity index is 1180. The quantitative estimate of drug-likeness (QED) is 0.580. The van der Waals surface area contributed by atoms with Crippen LogP contribution in [0.2, 0.25) is 0 Å². The molecule has 1 aliphatic heterocycles. The standard InChI is InChI=1S/C21H23N7O/c1-13-12-29-9-8-28(13)19-10-18(15-4-6-22-20-16(15)5-7-23-20)25-21(26-19)17-11-24-27(3)14(17)2/h4-7,10-11,13H,8-9,12H2,1-3H3,(H,22,23)/t13-/m1/s1. The van der Waals surface area contributed by atoms with Crippen LogP contribution in [-0.4, -0.2) is 55.5 Å². The maximum Gasteiger partial charge on any atom is 0.165 e. The lowest BCUT2D eigenvalue weighted by Crippen LogP contribution is -2.44. The van der Waals surface area contributed by atoms with Gasteiger partial charge < -0.3 is 14.6 Å². The Balaban J connectivity index is 1.72. The molecule has 5 rings (SSSR count). The Morgan fingerprint density at radius 1 is 1.21 bits per heavy atom. The van der Waals surface area contributed by atoms with Gasteiger partial charge in [-0.15, -0.1) is 0 Å². The van der Waals surface area contributed by atoms with E-state index in [-0.39, 0.29) is 6.04 Å². The number of aryl methyl sites for hydroxylation is 1. The molecule has 8 nitrogen and oxygen atoms in total. The third-order valence-electron chi connectivity index (χ3n) is 5.59. The maximum atomic E-state index is 5.62. The minimum atomic E-state index is 0.249. The molecule has 0 radical (unpaired) electrons. The third-order valence-corrected chi connectivity index (χ3v) is 5.59. The van der Waals surface area contributed by atoms with Gasteiger partial charge in [-0.1, -0.05) is 0 Å². The van der Waals surface area contributed by atoms with Crippen molar-refractivity contribution in [2.75, 3.05) is 24.7 Å². The summed E-state index contributed by atoms with van der Waals surface area (Å²) >= 11 is 0. The molecule has 1 atom stereocenters. The van der Waals surface area contributed by atoms with Crippen LogP contribution in [0.15, 0.2) is 36.8 Å². The molecule has 0 unspecified atom stereocenters. The number of aromatic nitrogens is 6. The number of nitrogens with one attached hydrogen (secondary N) is 1. The van der Waals surface area contributed by atoms with Gasteiger partial charge >= 0.3 is 0 Å². The highest BCUT2D eigenvalue weighted by molar-refractivity contribution is 5.92. The number of nitrogens with zero attached hydrogens (tertiary/aromatic N) is 6. The first-order chi connectivity index (χ1) is 14.1. The molecule has 0 spiro atoms. The highest BCUT2D eigenvalue weighted by atomic mass is 16.5. The zero-order valence-corrected chi connectivity index (χ0v) is 16.8. The van der Waals surface area contributed by atoms with Crippen molar-refractivity contribution in [3.05, 3.63) is 42.5 Å². The van der Waals surface area contributed by atoms with E-state index in [0.717, 1.165) is 45.9 Å². The maximum absolute atomic E-state index is 5.62.